The number of rotatable bonds is 8. The molecule has 0 unspecified atom stereocenters. The lowest BCUT2D eigenvalue weighted by Gasteiger charge is -2.24. The average molecular weight is 525 g/mol. The minimum atomic E-state index is -1.13. The molecule has 2 amide bonds. The van der Waals surface area contributed by atoms with E-state index in [2.05, 4.69) is 15.6 Å². The summed E-state index contributed by atoms with van der Waals surface area (Å²) >= 11 is 0. The van der Waals surface area contributed by atoms with Crippen LogP contribution in [-0.2, 0) is 25.5 Å². The number of amides is 2. The molecule has 0 spiro atoms. The summed E-state index contributed by atoms with van der Waals surface area (Å²) in [5, 5.41) is 6.31. The van der Waals surface area contributed by atoms with Crippen molar-refractivity contribution in [1.29, 1.82) is 0 Å². The van der Waals surface area contributed by atoms with Crippen LogP contribution in [0.4, 0.5) is 8.78 Å². The van der Waals surface area contributed by atoms with Crippen LogP contribution in [0.1, 0.15) is 30.9 Å². The third kappa shape index (κ3) is 5.22. The first-order valence-electron chi connectivity index (χ1n) is 12.4. The van der Waals surface area contributed by atoms with Crippen LogP contribution in [-0.4, -0.2) is 46.5 Å². The van der Waals surface area contributed by atoms with Gasteiger partial charge in [-0.15, -0.1) is 0 Å². The molecular formula is C27H26F2N4O5. The van der Waals surface area contributed by atoms with Gasteiger partial charge in [-0.1, -0.05) is 12.1 Å². The van der Waals surface area contributed by atoms with Crippen molar-refractivity contribution in [2.24, 2.45) is 5.92 Å². The monoisotopic (exact) mass is 524 g/mol. The zero-order valence-electron chi connectivity index (χ0n) is 20.3. The van der Waals surface area contributed by atoms with Crippen molar-refractivity contribution in [3.05, 3.63) is 81.9 Å². The SMILES string of the molecule is O=C1OCC/C1=C\[C@H](C[C@@H]1CCNC1=O)NC(=O)[C@H](Cc1ccc(F)c(F)c1)n1ccc2cc[nH]c2c1=O. The van der Waals surface area contributed by atoms with E-state index in [4.69, 9.17) is 4.74 Å². The van der Waals surface area contributed by atoms with Crippen LogP contribution in [0.15, 0.2) is 59.2 Å². The van der Waals surface area contributed by atoms with E-state index in [1.165, 1.54) is 16.8 Å². The molecule has 3 N–H and O–H groups in total. The second-order valence-corrected chi connectivity index (χ2v) is 9.51. The molecule has 2 aromatic heterocycles. The molecule has 3 atom stereocenters. The molecular weight excluding hydrogens is 498 g/mol. The lowest BCUT2D eigenvalue weighted by molar-refractivity contribution is -0.135. The van der Waals surface area contributed by atoms with Crippen LogP contribution in [0, 0.1) is 17.6 Å². The van der Waals surface area contributed by atoms with Gasteiger partial charge in [-0.25, -0.2) is 13.6 Å². The summed E-state index contributed by atoms with van der Waals surface area (Å²) in [5.74, 6) is -3.64. The Morgan fingerprint density at radius 1 is 1.18 bits per heavy atom. The largest absolute Gasteiger partial charge is 0.462 e. The second-order valence-electron chi connectivity index (χ2n) is 9.51. The normalized spacial score (nSPS) is 19.9. The van der Waals surface area contributed by atoms with E-state index < -0.39 is 41.2 Å². The van der Waals surface area contributed by atoms with Gasteiger partial charge in [0.1, 0.15) is 11.6 Å². The van der Waals surface area contributed by atoms with Gasteiger partial charge in [0.2, 0.25) is 11.8 Å². The van der Waals surface area contributed by atoms with Crippen molar-refractivity contribution in [1.82, 2.24) is 20.2 Å². The lowest BCUT2D eigenvalue weighted by Crippen LogP contribution is -2.43. The fourth-order valence-electron chi connectivity index (χ4n) is 4.98. The molecule has 198 valence electrons. The number of cyclic esters (lactones) is 1. The number of hydrogen-bond acceptors (Lipinski definition) is 5. The fourth-order valence-corrected chi connectivity index (χ4v) is 4.98. The van der Waals surface area contributed by atoms with Gasteiger partial charge < -0.3 is 24.9 Å². The highest BCUT2D eigenvalue weighted by atomic mass is 19.2. The van der Waals surface area contributed by atoms with Crippen molar-refractivity contribution < 1.29 is 27.9 Å². The molecule has 0 aliphatic carbocycles. The molecule has 2 saturated heterocycles. The quantitative estimate of drug-likeness (QED) is 0.308. The first-order chi connectivity index (χ1) is 18.3. The van der Waals surface area contributed by atoms with Gasteiger partial charge in [0.25, 0.3) is 5.56 Å². The van der Waals surface area contributed by atoms with E-state index in [1.54, 1.807) is 24.4 Å². The molecule has 4 heterocycles. The molecule has 2 fully saturated rings. The molecule has 5 rings (SSSR count). The van der Waals surface area contributed by atoms with E-state index in [9.17, 15) is 28.0 Å². The Morgan fingerprint density at radius 3 is 2.74 bits per heavy atom. The minimum absolute atomic E-state index is 0.107. The van der Waals surface area contributed by atoms with Gasteiger partial charge in [-0.05, 0) is 42.7 Å². The number of halogens is 2. The number of H-pyrrole nitrogens is 1. The summed E-state index contributed by atoms with van der Waals surface area (Å²) in [7, 11) is 0. The number of aromatic nitrogens is 2. The molecule has 9 nitrogen and oxygen atoms in total. The highest BCUT2D eigenvalue weighted by Gasteiger charge is 2.31. The van der Waals surface area contributed by atoms with E-state index >= 15 is 0 Å². The number of nitrogens with zero attached hydrogens (tertiary/aromatic N) is 1. The zero-order chi connectivity index (χ0) is 26.8. The highest BCUT2D eigenvalue weighted by Crippen LogP contribution is 2.23. The van der Waals surface area contributed by atoms with Crippen LogP contribution in [0.25, 0.3) is 10.9 Å². The van der Waals surface area contributed by atoms with Crippen LogP contribution in [0.3, 0.4) is 0 Å². The molecule has 2 aliphatic heterocycles. The van der Waals surface area contributed by atoms with Crippen molar-refractivity contribution in [2.45, 2.75) is 37.8 Å². The van der Waals surface area contributed by atoms with Crippen LogP contribution in [0.5, 0.6) is 0 Å². The smallest absolute Gasteiger partial charge is 0.333 e. The predicted molar refractivity (Wildman–Crippen MR) is 133 cm³/mol. The van der Waals surface area contributed by atoms with E-state index in [0.29, 0.717) is 41.4 Å². The second kappa shape index (κ2) is 10.6. The Kier molecular flexibility index (Phi) is 7.08. The van der Waals surface area contributed by atoms with Crippen molar-refractivity contribution >= 4 is 28.7 Å². The van der Waals surface area contributed by atoms with Crippen LogP contribution >= 0.6 is 0 Å². The number of nitrogens with one attached hydrogen (secondary N) is 3. The average Bonchev–Trinajstić information content (AvgIpc) is 3.63. The van der Waals surface area contributed by atoms with Gasteiger partial charge in [-0.2, -0.15) is 0 Å². The lowest BCUT2D eigenvalue weighted by atomic mass is 9.95. The number of esters is 1. The number of aromatic amines is 1. The van der Waals surface area contributed by atoms with Crippen molar-refractivity contribution in [3.8, 4) is 0 Å². The summed E-state index contributed by atoms with van der Waals surface area (Å²) in [6.07, 6.45) is 5.79. The number of hydrogen-bond donors (Lipinski definition) is 3. The van der Waals surface area contributed by atoms with Gasteiger partial charge >= 0.3 is 5.97 Å². The number of ether oxygens (including phenoxy) is 1. The summed E-state index contributed by atoms with van der Waals surface area (Å²) in [6, 6.07) is 4.88. The maximum Gasteiger partial charge on any atom is 0.333 e. The maximum absolute atomic E-state index is 14.0. The topological polar surface area (TPSA) is 122 Å². The van der Waals surface area contributed by atoms with Crippen LogP contribution < -0.4 is 16.2 Å². The Morgan fingerprint density at radius 2 is 2.03 bits per heavy atom. The minimum Gasteiger partial charge on any atom is -0.462 e. The Bertz CT molecular complexity index is 1490. The predicted octanol–water partition coefficient (Wildman–Crippen LogP) is 2.28. The standard InChI is InChI=1S/C27H26F2N4O5/c28-20-2-1-15(11-21(20)29)12-22(33-9-5-16-3-7-30-23(16)26(33)36)25(35)32-19(13-17-4-8-31-24(17)34)14-18-6-10-38-27(18)37/h1-3,5,7,9,11,14,17,19,22,30H,4,6,8,10,12-13H2,(H,31,34)(H,32,35)/b18-14+/t17-,19-,22-/m0/s1. The van der Waals surface area contributed by atoms with E-state index in [1.807, 2.05) is 0 Å². The highest BCUT2D eigenvalue weighted by molar-refractivity contribution is 5.90. The number of benzene rings is 1. The first-order valence-corrected chi connectivity index (χ1v) is 12.4. The zero-order valence-corrected chi connectivity index (χ0v) is 20.3. The van der Waals surface area contributed by atoms with Gasteiger partial charge in [0.15, 0.2) is 11.6 Å². The number of carbonyl (C=O) groups is 3. The fraction of sp³-hybridized carbons (Fsp3) is 0.333. The summed E-state index contributed by atoms with van der Waals surface area (Å²) in [6.45, 7) is 0.757. The Balaban J connectivity index is 1.49. The van der Waals surface area contributed by atoms with Gasteiger partial charge in [-0.3, -0.25) is 14.4 Å². The Hall–Kier alpha value is -4.28. The van der Waals surface area contributed by atoms with Crippen molar-refractivity contribution in [3.63, 3.8) is 0 Å². The number of pyridine rings is 1. The maximum atomic E-state index is 14.0. The molecule has 38 heavy (non-hydrogen) atoms. The third-order valence-electron chi connectivity index (χ3n) is 6.99. The van der Waals surface area contributed by atoms with Gasteiger partial charge in [0, 0.05) is 54.7 Å². The van der Waals surface area contributed by atoms with E-state index in [0.717, 1.165) is 12.1 Å². The molecule has 11 heteroatoms. The summed E-state index contributed by atoms with van der Waals surface area (Å²) < 4.78 is 33.8. The first kappa shape index (κ1) is 25.4. The summed E-state index contributed by atoms with van der Waals surface area (Å²) in [5.41, 5.74) is 0.549. The Labute approximate surface area is 215 Å². The van der Waals surface area contributed by atoms with Gasteiger partial charge in [0.05, 0.1) is 6.61 Å². The van der Waals surface area contributed by atoms with Crippen LogP contribution in [0.2, 0.25) is 0 Å². The summed E-state index contributed by atoms with van der Waals surface area (Å²) in [4.78, 5) is 54.2. The molecule has 0 bridgehead atoms. The third-order valence-corrected chi connectivity index (χ3v) is 6.99. The molecule has 3 aromatic rings. The number of carbonyl (C=O) groups excluding carboxylic acids is 3. The molecule has 2 aliphatic rings. The molecule has 1 aromatic carbocycles. The van der Waals surface area contributed by atoms with Crippen molar-refractivity contribution in [2.75, 3.05) is 13.2 Å². The van der Waals surface area contributed by atoms with E-state index in [-0.39, 0.29) is 31.3 Å². The number of fused-ring (bicyclic) bond motifs is 1. The molecule has 0 saturated carbocycles. The molecule has 0 radical (unpaired) electrons.